The molecule has 1 aromatic carbocycles. The molecule has 0 spiro atoms. The molecule has 0 saturated carbocycles. The van der Waals surface area contributed by atoms with E-state index in [1.807, 2.05) is 54.8 Å². The van der Waals surface area contributed by atoms with Crippen molar-refractivity contribution in [3.8, 4) is 0 Å². The van der Waals surface area contributed by atoms with Crippen LogP contribution in [0.15, 0.2) is 48.8 Å². The van der Waals surface area contributed by atoms with E-state index in [2.05, 4.69) is 15.3 Å². The van der Waals surface area contributed by atoms with E-state index in [-0.39, 0.29) is 18.5 Å². The Morgan fingerprint density at radius 1 is 1.27 bits per heavy atom. The molecule has 3 rings (SSSR count). The SMILES string of the molecule is Cc1nc2ccccc2n1CC(=O)NC(C)c1cccnc1. The van der Waals surface area contributed by atoms with E-state index in [1.54, 1.807) is 12.4 Å². The first-order chi connectivity index (χ1) is 10.6. The molecule has 0 aliphatic rings. The van der Waals surface area contributed by atoms with Crippen molar-refractivity contribution in [1.82, 2.24) is 19.9 Å². The highest BCUT2D eigenvalue weighted by atomic mass is 16.2. The van der Waals surface area contributed by atoms with Crippen LogP contribution < -0.4 is 5.32 Å². The first-order valence-corrected chi connectivity index (χ1v) is 7.26. The van der Waals surface area contributed by atoms with Crippen molar-refractivity contribution >= 4 is 16.9 Å². The Labute approximate surface area is 129 Å². The van der Waals surface area contributed by atoms with Crippen molar-refractivity contribution in [3.05, 3.63) is 60.2 Å². The quantitative estimate of drug-likeness (QED) is 0.804. The molecular formula is C17H18N4O. The summed E-state index contributed by atoms with van der Waals surface area (Å²) in [6.07, 6.45) is 3.49. The molecule has 5 heteroatoms. The van der Waals surface area contributed by atoms with E-state index in [9.17, 15) is 4.79 Å². The molecule has 0 saturated heterocycles. The number of carbonyl (C=O) groups is 1. The lowest BCUT2D eigenvalue weighted by atomic mass is 10.1. The van der Waals surface area contributed by atoms with Crippen LogP contribution >= 0.6 is 0 Å². The molecule has 0 bridgehead atoms. The van der Waals surface area contributed by atoms with E-state index in [0.29, 0.717) is 0 Å². The zero-order valence-electron chi connectivity index (χ0n) is 12.7. The van der Waals surface area contributed by atoms with Crippen LogP contribution in [0.5, 0.6) is 0 Å². The average molecular weight is 294 g/mol. The molecule has 1 atom stereocenters. The van der Waals surface area contributed by atoms with Gasteiger partial charge in [0.15, 0.2) is 0 Å². The average Bonchev–Trinajstić information content (AvgIpc) is 2.84. The smallest absolute Gasteiger partial charge is 0.240 e. The Bertz CT molecular complexity index is 795. The molecule has 0 radical (unpaired) electrons. The predicted octanol–water partition coefficient (Wildman–Crippen LogP) is 2.62. The van der Waals surface area contributed by atoms with Crippen LogP contribution in [0.3, 0.4) is 0 Å². The molecule has 112 valence electrons. The molecule has 0 aliphatic heterocycles. The maximum Gasteiger partial charge on any atom is 0.240 e. The number of hydrogen-bond donors (Lipinski definition) is 1. The highest BCUT2D eigenvalue weighted by Gasteiger charge is 2.13. The third-order valence-electron chi connectivity index (χ3n) is 3.71. The predicted molar refractivity (Wildman–Crippen MR) is 85.3 cm³/mol. The van der Waals surface area contributed by atoms with Gasteiger partial charge in [0.25, 0.3) is 0 Å². The lowest BCUT2D eigenvalue weighted by Gasteiger charge is -2.15. The van der Waals surface area contributed by atoms with Gasteiger partial charge in [0.05, 0.1) is 17.1 Å². The number of carbonyl (C=O) groups excluding carboxylic acids is 1. The number of nitrogens with one attached hydrogen (secondary N) is 1. The fraction of sp³-hybridized carbons (Fsp3) is 0.235. The summed E-state index contributed by atoms with van der Waals surface area (Å²) in [5.74, 6) is 0.799. The number of hydrogen-bond acceptors (Lipinski definition) is 3. The number of para-hydroxylation sites is 2. The molecule has 5 nitrogen and oxygen atoms in total. The summed E-state index contributed by atoms with van der Waals surface area (Å²) in [4.78, 5) is 20.9. The summed E-state index contributed by atoms with van der Waals surface area (Å²) < 4.78 is 1.93. The normalized spacial score (nSPS) is 12.3. The summed E-state index contributed by atoms with van der Waals surface area (Å²) in [6.45, 7) is 4.13. The lowest BCUT2D eigenvalue weighted by Crippen LogP contribution is -2.30. The Hall–Kier alpha value is -2.69. The van der Waals surface area contributed by atoms with Crippen LogP contribution in [-0.4, -0.2) is 20.4 Å². The van der Waals surface area contributed by atoms with Crippen LogP contribution in [0, 0.1) is 6.92 Å². The van der Waals surface area contributed by atoms with Gasteiger partial charge in [0, 0.05) is 12.4 Å². The topological polar surface area (TPSA) is 59.8 Å². The Kier molecular flexibility index (Phi) is 3.87. The standard InChI is InChI=1S/C17H18N4O/c1-12(14-6-5-9-18-10-14)19-17(22)11-21-13(2)20-15-7-3-4-8-16(15)21/h3-10,12H,11H2,1-2H3,(H,19,22). The van der Waals surface area contributed by atoms with Gasteiger partial charge in [-0.2, -0.15) is 0 Å². The molecule has 1 N–H and O–H groups in total. The van der Waals surface area contributed by atoms with Crippen LogP contribution in [0.25, 0.3) is 11.0 Å². The summed E-state index contributed by atoms with van der Waals surface area (Å²) in [6, 6.07) is 11.6. The minimum Gasteiger partial charge on any atom is -0.348 e. The monoisotopic (exact) mass is 294 g/mol. The number of pyridine rings is 1. The number of aryl methyl sites for hydroxylation is 1. The zero-order chi connectivity index (χ0) is 15.5. The van der Waals surface area contributed by atoms with Crippen molar-refractivity contribution in [3.63, 3.8) is 0 Å². The second kappa shape index (κ2) is 5.97. The van der Waals surface area contributed by atoms with Gasteiger partial charge in [-0.15, -0.1) is 0 Å². The fourth-order valence-corrected chi connectivity index (χ4v) is 2.54. The summed E-state index contributed by atoms with van der Waals surface area (Å²) >= 11 is 0. The van der Waals surface area contributed by atoms with Gasteiger partial charge < -0.3 is 9.88 Å². The van der Waals surface area contributed by atoms with Crippen molar-refractivity contribution in [2.75, 3.05) is 0 Å². The van der Waals surface area contributed by atoms with Gasteiger partial charge >= 0.3 is 0 Å². The minimum atomic E-state index is -0.0729. The van der Waals surface area contributed by atoms with E-state index >= 15 is 0 Å². The van der Waals surface area contributed by atoms with Crippen LogP contribution in [0.1, 0.15) is 24.4 Å². The van der Waals surface area contributed by atoms with E-state index in [0.717, 1.165) is 22.4 Å². The maximum absolute atomic E-state index is 12.3. The molecular weight excluding hydrogens is 276 g/mol. The first kappa shape index (κ1) is 14.3. The van der Waals surface area contributed by atoms with E-state index in [1.165, 1.54) is 0 Å². The molecule has 1 unspecified atom stereocenters. The van der Waals surface area contributed by atoms with Gasteiger partial charge in [-0.05, 0) is 37.6 Å². The molecule has 1 amide bonds. The van der Waals surface area contributed by atoms with Gasteiger partial charge in [-0.25, -0.2) is 4.98 Å². The van der Waals surface area contributed by atoms with Gasteiger partial charge in [-0.1, -0.05) is 18.2 Å². The minimum absolute atomic E-state index is 0.0393. The Morgan fingerprint density at radius 2 is 2.09 bits per heavy atom. The second-order valence-electron chi connectivity index (χ2n) is 5.31. The number of rotatable bonds is 4. The molecule has 0 aliphatic carbocycles. The molecule has 0 fully saturated rings. The Morgan fingerprint density at radius 3 is 2.86 bits per heavy atom. The first-order valence-electron chi connectivity index (χ1n) is 7.26. The maximum atomic E-state index is 12.3. The number of nitrogens with zero attached hydrogens (tertiary/aromatic N) is 3. The second-order valence-corrected chi connectivity index (χ2v) is 5.31. The van der Waals surface area contributed by atoms with Crippen molar-refractivity contribution in [2.24, 2.45) is 0 Å². The number of amides is 1. The number of aromatic nitrogens is 3. The van der Waals surface area contributed by atoms with Crippen molar-refractivity contribution in [1.29, 1.82) is 0 Å². The van der Waals surface area contributed by atoms with E-state index < -0.39 is 0 Å². The highest BCUT2D eigenvalue weighted by molar-refractivity contribution is 5.81. The highest BCUT2D eigenvalue weighted by Crippen LogP contribution is 2.16. The summed E-state index contributed by atoms with van der Waals surface area (Å²) in [5, 5.41) is 3.00. The van der Waals surface area contributed by atoms with Crippen LogP contribution in [0.2, 0.25) is 0 Å². The molecule has 3 aromatic rings. The third-order valence-corrected chi connectivity index (χ3v) is 3.71. The largest absolute Gasteiger partial charge is 0.348 e. The number of fused-ring (bicyclic) bond motifs is 1. The zero-order valence-corrected chi connectivity index (χ0v) is 12.7. The summed E-state index contributed by atoms with van der Waals surface area (Å²) in [5.41, 5.74) is 2.88. The van der Waals surface area contributed by atoms with E-state index in [4.69, 9.17) is 0 Å². The third kappa shape index (κ3) is 2.83. The Balaban J connectivity index is 1.75. The molecule has 2 aromatic heterocycles. The van der Waals surface area contributed by atoms with Gasteiger partial charge in [0.2, 0.25) is 5.91 Å². The molecule has 2 heterocycles. The van der Waals surface area contributed by atoms with Gasteiger partial charge in [-0.3, -0.25) is 9.78 Å². The van der Waals surface area contributed by atoms with Crippen LogP contribution in [0.4, 0.5) is 0 Å². The molecule has 22 heavy (non-hydrogen) atoms. The number of benzene rings is 1. The van der Waals surface area contributed by atoms with Crippen molar-refractivity contribution in [2.45, 2.75) is 26.4 Å². The van der Waals surface area contributed by atoms with Gasteiger partial charge in [0.1, 0.15) is 12.4 Å². The number of imidazole rings is 1. The van der Waals surface area contributed by atoms with Crippen LogP contribution in [-0.2, 0) is 11.3 Å². The fourth-order valence-electron chi connectivity index (χ4n) is 2.54. The summed E-state index contributed by atoms with van der Waals surface area (Å²) in [7, 11) is 0. The van der Waals surface area contributed by atoms with Crippen molar-refractivity contribution < 1.29 is 4.79 Å². The lowest BCUT2D eigenvalue weighted by molar-refractivity contribution is -0.122.